The van der Waals surface area contributed by atoms with Crippen molar-refractivity contribution in [3.8, 4) is 11.5 Å². The maximum absolute atomic E-state index is 14.4. The van der Waals surface area contributed by atoms with Gasteiger partial charge < -0.3 is 97.5 Å². The molecule has 0 spiro atoms. The number of likely N-dealkylation sites (tertiary alicyclic amines) is 1. The quantitative estimate of drug-likeness (QED) is 0.00901. The second-order valence-corrected chi connectivity index (χ2v) is 38.7. The lowest BCUT2D eigenvalue weighted by Crippen LogP contribution is -2.57. The normalized spacial score (nSPS) is 21.0. The molecule has 7 rings (SSSR count). The molecule has 3 heterocycles. The number of rotatable bonds is 70. The zero-order valence-corrected chi connectivity index (χ0v) is 84.5. The number of benzene rings is 4. The molecule has 5 N–H and O–H groups in total. The second-order valence-electron chi connectivity index (χ2n) is 37.3. The van der Waals surface area contributed by atoms with E-state index in [1.165, 1.54) is 64.5 Å². The van der Waals surface area contributed by atoms with Crippen LogP contribution >= 0.6 is 8.53 Å². The van der Waals surface area contributed by atoms with E-state index < -0.39 is 43.9 Å². The summed E-state index contributed by atoms with van der Waals surface area (Å²) in [5.74, 6) is 0.995. The van der Waals surface area contributed by atoms with Crippen molar-refractivity contribution in [1.29, 1.82) is 0 Å². The number of nitrogens with zero attached hydrogens (tertiary/aromatic N) is 3. The summed E-state index contributed by atoms with van der Waals surface area (Å²) < 4.78 is 82.1. The number of amides is 5. The SMILES string of the molecule is [C-]#[N+]CCOP(OCC1(C)CN(C(=O)CCCCCCCCCNCCCCCCCCCCCC(=O)CCC(=O)Nc2cc(C(=O)CCCOCCOCCOC3O[C@H](CC)[C@H](C)[C@H](C)[C@H]3NC(C)=O)cc(C(=O)NCCOCCOCCOC3O[C@H](CC)[C@H](C)[C@H](C)[C@H]3NC(C)=O)c2)CC1COC(c1ccccc1)(c1ccc(OC)cc1)c1ccc(OC)cc1)N(C(C)C)C(C)C. The van der Waals surface area contributed by atoms with Crippen LogP contribution in [0.1, 0.15) is 282 Å². The van der Waals surface area contributed by atoms with Gasteiger partial charge >= 0.3 is 0 Å². The summed E-state index contributed by atoms with van der Waals surface area (Å²) >= 11 is 0. The number of ketones is 2. The number of carbonyl (C=O) groups excluding carboxylic acids is 7. The molecule has 4 aromatic rings. The number of nitrogens with one attached hydrogen (secondary N) is 5. The van der Waals surface area contributed by atoms with Crippen molar-refractivity contribution in [2.45, 2.75) is 299 Å². The van der Waals surface area contributed by atoms with Crippen LogP contribution < -0.4 is 36.1 Å². The van der Waals surface area contributed by atoms with Gasteiger partial charge in [0.15, 0.2) is 18.4 Å². The van der Waals surface area contributed by atoms with Gasteiger partial charge in [-0.25, -0.2) is 11.2 Å². The summed E-state index contributed by atoms with van der Waals surface area (Å²) in [5, 5.41) is 15.4. The van der Waals surface area contributed by atoms with Gasteiger partial charge in [0.05, 0.1) is 111 Å². The average molecular weight is 1890 g/mol. The van der Waals surface area contributed by atoms with E-state index in [0.29, 0.717) is 65.4 Å². The summed E-state index contributed by atoms with van der Waals surface area (Å²) in [6, 6.07) is 30.8. The number of hydrogen-bond acceptors (Lipinski definition) is 22. The molecular formula is C105H165N8O20P. The van der Waals surface area contributed by atoms with Crippen LogP contribution in [0.2, 0.25) is 0 Å². The van der Waals surface area contributed by atoms with Gasteiger partial charge in [-0.1, -0.05) is 180 Å². The Bertz CT molecular complexity index is 3910. The van der Waals surface area contributed by atoms with Gasteiger partial charge in [-0.15, -0.1) is 0 Å². The maximum Gasteiger partial charge on any atom is 0.259 e. The van der Waals surface area contributed by atoms with Gasteiger partial charge in [0.1, 0.15) is 29.5 Å². The molecule has 3 saturated heterocycles. The highest BCUT2D eigenvalue weighted by Gasteiger charge is 2.49. The first kappa shape index (κ1) is 114. The molecule has 0 bridgehead atoms. The summed E-state index contributed by atoms with van der Waals surface area (Å²) in [6.07, 6.45) is 19.4. The number of carbonyl (C=O) groups is 7. The van der Waals surface area contributed by atoms with E-state index in [9.17, 15) is 33.6 Å². The summed E-state index contributed by atoms with van der Waals surface area (Å²) in [4.78, 5) is 98.0. The molecule has 3 fully saturated rings. The average Bonchev–Trinajstić information content (AvgIpc) is 1.20. The van der Waals surface area contributed by atoms with Gasteiger partial charge in [0, 0.05) is 112 Å². The maximum atomic E-state index is 14.4. The molecule has 0 saturated carbocycles. The minimum atomic E-state index is -1.52. The third-order valence-electron chi connectivity index (χ3n) is 26.3. The van der Waals surface area contributed by atoms with E-state index in [2.05, 4.69) is 149 Å². The smallest absolute Gasteiger partial charge is 0.259 e. The van der Waals surface area contributed by atoms with Crippen LogP contribution in [0.15, 0.2) is 97.1 Å². The molecule has 4 aromatic carbocycles. The highest BCUT2D eigenvalue weighted by Crippen LogP contribution is 2.51. The second kappa shape index (κ2) is 63.2. The standard InChI is InChI=1S/C105H165N8O20P/c1-17-95-78(7)80(9)99(109-82(11)114)102(132-95)127-67-65-125-63-61-123-58-38-42-94(117)84-69-85(101(120)108-57-59-124-62-64-126-66-68-128-103-100(110-83(12)115)81(10)79(8)96(18-2)133-103)71-90(70-84)111-97(118)53-48-91(116)41-34-27-23-20-19-21-25-29-36-54-107-55-37-30-26-22-24-28-35-43-98(119)112-72-89(104(13,74-112)75-131-134(130-60-56-106-14)113(76(3)4)77(5)6)73-129-105(86-39-32-31-33-40-86,87-44-49-92(121-15)50-45-87)88-46-51-93(122-16)52-47-88/h31-33,39-40,44-47,49-52,69-71,76-81,89,95-96,99-100,102-103,107H,17-30,34-38,41-43,48,53-68,72-75H2,1-13,15-16H3,(H,108,120)(H,109,114)(H,110,115)(H,111,118)/t78-,79-,80+,81+,89?,95-,96-,99-,100-,102?,103?,104?,134?/m1/s1. The highest BCUT2D eigenvalue weighted by molar-refractivity contribution is 7.44. The monoisotopic (exact) mass is 1890 g/mol. The van der Waals surface area contributed by atoms with Crippen molar-refractivity contribution < 1.29 is 94.7 Å². The first-order valence-electron chi connectivity index (χ1n) is 50.0. The fourth-order valence-electron chi connectivity index (χ4n) is 18.2. The zero-order valence-electron chi connectivity index (χ0n) is 83.6. The fraction of sp³-hybridized carbons (Fsp3) is 0.695. The van der Waals surface area contributed by atoms with Crippen LogP contribution in [0.3, 0.4) is 0 Å². The van der Waals surface area contributed by atoms with E-state index in [-0.39, 0.29) is 197 Å². The van der Waals surface area contributed by atoms with Crippen molar-refractivity contribution in [2.24, 2.45) is 35.0 Å². The van der Waals surface area contributed by atoms with Crippen molar-refractivity contribution in [2.75, 3.05) is 145 Å². The topological polar surface area (TPSA) is 310 Å². The molecule has 29 heteroatoms. The van der Waals surface area contributed by atoms with E-state index >= 15 is 0 Å². The minimum Gasteiger partial charge on any atom is -0.497 e. The molecule has 0 aromatic heterocycles. The Hall–Kier alpha value is -7.43. The lowest BCUT2D eigenvalue weighted by atomic mass is 9.78. The number of methoxy groups -OCH3 is 2. The van der Waals surface area contributed by atoms with Crippen molar-refractivity contribution in [3.05, 3.63) is 136 Å². The molecule has 3 aliphatic rings. The van der Waals surface area contributed by atoms with Crippen molar-refractivity contribution >= 4 is 55.3 Å². The molecule has 0 aliphatic carbocycles. The van der Waals surface area contributed by atoms with Crippen LogP contribution in [0.4, 0.5) is 5.69 Å². The van der Waals surface area contributed by atoms with E-state index in [4.69, 9.17) is 67.7 Å². The first-order valence-corrected chi connectivity index (χ1v) is 51.2. The van der Waals surface area contributed by atoms with E-state index in [1.807, 2.05) is 47.4 Å². The van der Waals surface area contributed by atoms with Gasteiger partial charge in [-0.3, -0.25) is 33.6 Å². The predicted molar refractivity (Wildman–Crippen MR) is 525 cm³/mol. The number of unbranched alkanes of at least 4 members (excludes halogenated alkanes) is 14. The summed E-state index contributed by atoms with van der Waals surface area (Å²) in [5.41, 5.74) is 1.97. The summed E-state index contributed by atoms with van der Waals surface area (Å²) in [6.45, 7) is 41.0. The van der Waals surface area contributed by atoms with Crippen LogP contribution in [0.25, 0.3) is 4.85 Å². The molecule has 28 nitrogen and oxygen atoms in total. The minimum absolute atomic E-state index is 0.0184. The molecule has 0 radical (unpaired) electrons. The highest BCUT2D eigenvalue weighted by atomic mass is 31.2. The molecule has 750 valence electrons. The first-order chi connectivity index (χ1) is 64.7. The van der Waals surface area contributed by atoms with Crippen molar-refractivity contribution in [3.63, 3.8) is 0 Å². The van der Waals surface area contributed by atoms with Gasteiger partial charge in [-0.05, 0) is 169 Å². The number of Topliss-reactive ketones (excluding diaryl/α,β-unsaturated/α-hetero) is 2. The number of ether oxygens (including phenoxy) is 11. The van der Waals surface area contributed by atoms with Crippen LogP contribution in [-0.4, -0.2) is 239 Å². The lowest BCUT2D eigenvalue weighted by molar-refractivity contribution is -0.239. The van der Waals surface area contributed by atoms with Crippen LogP contribution in [0.5, 0.6) is 11.5 Å². The predicted octanol–water partition coefficient (Wildman–Crippen LogP) is 18.0. The van der Waals surface area contributed by atoms with Crippen LogP contribution in [-0.2, 0) is 81.3 Å². The molecule has 134 heavy (non-hydrogen) atoms. The van der Waals surface area contributed by atoms with E-state index in [0.717, 1.165) is 118 Å². The third kappa shape index (κ3) is 38.7. The summed E-state index contributed by atoms with van der Waals surface area (Å²) in [7, 11) is 1.81. The Balaban J connectivity index is 0.755. The number of hydrogen-bond donors (Lipinski definition) is 5. The zero-order chi connectivity index (χ0) is 97.1. The Morgan fingerprint density at radius 1 is 0.537 bits per heavy atom. The molecular weight excluding hydrogens is 1720 g/mol. The molecule has 3 aliphatic heterocycles. The van der Waals surface area contributed by atoms with Gasteiger partial charge in [0.2, 0.25) is 30.2 Å². The largest absolute Gasteiger partial charge is 0.497 e. The fourth-order valence-corrected chi connectivity index (χ4v) is 20.0. The number of anilines is 1. The van der Waals surface area contributed by atoms with Gasteiger partial charge in [0.25, 0.3) is 14.4 Å². The Labute approximate surface area is 802 Å². The van der Waals surface area contributed by atoms with E-state index in [1.54, 1.807) is 20.3 Å². The van der Waals surface area contributed by atoms with Crippen LogP contribution in [0, 0.1) is 41.6 Å². The Morgan fingerprint density at radius 2 is 1.01 bits per heavy atom. The Kier molecular flexibility index (Phi) is 53.6. The Morgan fingerprint density at radius 3 is 1.51 bits per heavy atom. The molecule has 13 atom stereocenters. The third-order valence-corrected chi connectivity index (χ3v) is 28.4. The van der Waals surface area contributed by atoms with Gasteiger partial charge in [-0.2, -0.15) is 0 Å². The van der Waals surface area contributed by atoms with Crippen molar-refractivity contribution in [1.82, 2.24) is 30.8 Å². The lowest BCUT2D eigenvalue weighted by Gasteiger charge is -2.44. The molecule has 5 amide bonds. The molecule has 5 unspecified atom stereocenters.